The van der Waals surface area contributed by atoms with E-state index in [0.717, 1.165) is 11.1 Å². The summed E-state index contributed by atoms with van der Waals surface area (Å²) in [5.41, 5.74) is 2.31. The highest BCUT2D eigenvalue weighted by molar-refractivity contribution is 6.42. The number of rotatable bonds is 5. The Morgan fingerprint density at radius 1 is 0.931 bits per heavy atom. The van der Waals surface area contributed by atoms with E-state index in [1.54, 1.807) is 24.3 Å². The number of ether oxygens (including phenoxy) is 2. The van der Waals surface area contributed by atoms with Gasteiger partial charge in [0.25, 0.3) is 0 Å². The number of halogens is 2. The molecule has 144 valence electrons. The molecule has 0 spiro atoms. The summed E-state index contributed by atoms with van der Waals surface area (Å²) in [7, 11) is 1.47. The molecule has 0 fully saturated rings. The second-order valence-corrected chi connectivity index (χ2v) is 6.78. The Bertz CT molecular complexity index is 1120. The fourth-order valence-electron chi connectivity index (χ4n) is 2.60. The van der Waals surface area contributed by atoms with Crippen molar-refractivity contribution in [3.8, 4) is 17.6 Å². The summed E-state index contributed by atoms with van der Waals surface area (Å²) in [4.78, 5) is 12.4. The van der Waals surface area contributed by atoms with Crippen LogP contribution >= 0.6 is 23.2 Å². The summed E-state index contributed by atoms with van der Waals surface area (Å²) in [6, 6.07) is 21.1. The van der Waals surface area contributed by atoms with Gasteiger partial charge in [0, 0.05) is 0 Å². The minimum atomic E-state index is -0.591. The molecule has 0 aliphatic heterocycles. The fourth-order valence-corrected chi connectivity index (χ4v) is 2.90. The number of benzene rings is 3. The van der Waals surface area contributed by atoms with Crippen molar-refractivity contribution in [2.75, 3.05) is 7.11 Å². The summed E-state index contributed by atoms with van der Waals surface area (Å²) in [6.45, 7) is 0. The Labute approximate surface area is 178 Å². The predicted octanol–water partition coefficient (Wildman–Crippen LogP) is 6.29. The summed E-state index contributed by atoms with van der Waals surface area (Å²) >= 11 is 11.8. The summed E-state index contributed by atoms with van der Waals surface area (Å²) < 4.78 is 10.8. The number of allylic oxidation sites excluding steroid dienone is 1. The van der Waals surface area contributed by atoms with Gasteiger partial charge in [-0.25, -0.2) is 4.79 Å². The topological polar surface area (TPSA) is 59.3 Å². The summed E-state index contributed by atoms with van der Waals surface area (Å²) in [6.07, 6.45) is 1.74. The van der Waals surface area contributed by atoms with Crippen molar-refractivity contribution in [3.05, 3.63) is 93.5 Å². The van der Waals surface area contributed by atoms with Gasteiger partial charge in [-0.1, -0.05) is 59.6 Å². The number of hydrogen-bond donors (Lipinski definition) is 0. The first-order valence-corrected chi connectivity index (χ1v) is 9.30. The second-order valence-electron chi connectivity index (χ2n) is 5.96. The van der Waals surface area contributed by atoms with E-state index in [9.17, 15) is 10.1 Å². The third kappa shape index (κ3) is 4.97. The van der Waals surface area contributed by atoms with Crippen LogP contribution in [0.25, 0.3) is 11.6 Å². The Hall–Kier alpha value is -3.26. The lowest BCUT2D eigenvalue weighted by atomic mass is 10.0. The lowest BCUT2D eigenvalue weighted by Crippen LogP contribution is -2.09. The zero-order valence-electron chi connectivity index (χ0n) is 15.4. The molecule has 4 nitrogen and oxygen atoms in total. The molecule has 0 aromatic heterocycles. The van der Waals surface area contributed by atoms with E-state index in [1.165, 1.54) is 25.3 Å². The van der Waals surface area contributed by atoms with Crippen LogP contribution in [0.3, 0.4) is 0 Å². The van der Waals surface area contributed by atoms with Crippen LogP contribution in [0.1, 0.15) is 21.5 Å². The van der Waals surface area contributed by atoms with Crippen LogP contribution in [0.4, 0.5) is 0 Å². The highest BCUT2D eigenvalue weighted by Gasteiger charge is 2.14. The fraction of sp³-hybridized carbons (Fsp3) is 0.0435. The first kappa shape index (κ1) is 20.5. The van der Waals surface area contributed by atoms with Crippen LogP contribution in [-0.4, -0.2) is 13.1 Å². The molecule has 0 saturated heterocycles. The molecule has 3 aromatic rings. The number of nitrogens with zero attached hydrogens (tertiary/aromatic N) is 1. The zero-order chi connectivity index (χ0) is 20.8. The van der Waals surface area contributed by atoms with Crippen molar-refractivity contribution in [2.45, 2.75) is 0 Å². The van der Waals surface area contributed by atoms with Gasteiger partial charge in [-0.15, -0.1) is 0 Å². The summed E-state index contributed by atoms with van der Waals surface area (Å²) in [5, 5.41) is 10.1. The van der Waals surface area contributed by atoms with Gasteiger partial charge in [0.2, 0.25) is 0 Å². The van der Waals surface area contributed by atoms with Gasteiger partial charge in [-0.2, -0.15) is 5.26 Å². The number of nitriles is 1. The van der Waals surface area contributed by atoms with Gasteiger partial charge in [0.05, 0.1) is 34.4 Å². The maximum absolute atomic E-state index is 12.4. The Morgan fingerprint density at radius 2 is 1.69 bits per heavy atom. The molecule has 0 aliphatic rings. The first-order chi connectivity index (χ1) is 14.0. The minimum absolute atomic E-state index is 0.249. The third-order valence-corrected chi connectivity index (χ3v) is 4.80. The van der Waals surface area contributed by atoms with E-state index in [2.05, 4.69) is 6.07 Å². The van der Waals surface area contributed by atoms with Gasteiger partial charge < -0.3 is 9.47 Å². The Kier molecular flexibility index (Phi) is 6.56. The maximum Gasteiger partial charge on any atom is 0.343 e. The number of esters is 1. The van der Waals surface area contributed by atoms with Crippen molar-refractivity contribution >= 4 is 40.8 Å². The molecule has 0 unspecified atom stereocenters. The highest BCUT2D eigenvalue weighted by Crippen LogP contribution is 2.31. The molecular formula is C23H15Cl2NO3. The molecule has 0 N–H and O–H groups in total. The first-order valence-electron chi connectivity index (χ1n) is 8.54. The molecule has 3 aromatic carbocycles. The van der Waals surface area contributed by atoms with Gasteiger partial charge in [-0.3, -0.25) is 0 Å². The molecule has 6 heteroatoms. The maximum atomic E-state index is 12.4. The zero-order valence-corrected chi connectivity index (χ0v) is 16.9. The van der Waals surface area contributed by atoms with E-state index in [-0.39, 0.29) is 16.3 Å². The SMILES string of the molecule is COc1cc(/C=C(\C#N)c2ccccc2)ccc1OC(=O)c1ccc(Cl)c(Cl)c1. The molecule has 0 bridgehead atoms. The van der Waals surface area contributed by atoms with Crippen molar-refractivity contribution in [1.82, 2.24) is 0 Å². The average molecular weight is 424 g/mol. The molecule has 0 amide bonds. The molecule has 0 radical (unpaired) electrons. The molecule has 3 rings (SSSR count). The standard InChI is InChI=1S/C23H15Cl2NO3/c1-28-22-12-15(11-18(14-26)16-5-3-2-4-6-16)7-10-21(22)29-23(27)17-8-9-19(24)20(25)13-17/h2-13H,1H3/b18-11+. The lowest BCUT2D eigenvalue weighted by Gasteiger charge is -2.10. The summed E-state index contributed by atoms with van der Waals surface area (Å²) in [5.74, 6) is 0.0172. The molecule has 0 saturated carbocycles. The molecule has 0 heterocycles. The average Bonchev–Trinajstić information content (AvgIpc) is 2.75. The normalized spacial score (nSPS) is 10.9. The number of methoxy groups -OCH3 is 1. The van der Waals surface area contributed by atoms with Crippen molar-refractivity contribution in [2.24, 2.45) is 0 Å². The predicted molar refractivity (Wildman–Crippen MR) is 114 cm³/mol. The van der Waals surface area contributed by atoms with Gasteiger partial charge >= 0.3 is 5.97 Å². The van der Waals surface area contributed by atoms with Crippen molar-refractivity contribution in [1.29, 1.82) is 5.26 Å². The van der Waals surface area contributed by atoms with E-state index < -0.39 is 5.97 Å². The van der Waals surface area contributed by atoms with Crippen LogP contribution in [0.15, 0.2) is 66.7 Å². The Morgan fingerprint density at radius 3 is 2.34 bits per heavy atom. The highest BCUT2D eigenvalue weighted by atomic mass is 35.5. The molecule has 0 atom stereocenters. The largest absolute Gasteiger partial charge is 0.493 e. The smallest absolute Gasteiger partial charge is 0.343 e. The van der Waals surface area contributed by atoms with E-state index in [1.807, 2.05) is 30.3 Å². The van der Waals surface area contributed by atoms with E-state index >= 15 is 0 Å². The van der Waals surface area contributed by atoms with E-state index in [0.29, 0.717) is 16.3 Å². The minimum Gasteiger partial charge on any atom is -0.493 e. The van der Waals surface area contributed by atoms with Crippen LogP contribution < -0.4 is 9.47 Å². The van der Waals surface area contributed by atoms with Crippen LogP contribution in [0, 0.1) is 11.3 Å². The van der Waals surface area contributed by atoms with E-state index in [4.69, 9.17) is 32.7 Å². The van der Waals surface area contributed by atoms with Crippen LogP contribution in [-0.2, 0) is 0 Å². The quantitative estimate of drug-likeness (QED) is 0.209. The van der Waals surface area contributed by atoms with Crippen LogP contribution in [0.2, 0.25) is 10.0 Å². The Balaban J connectivity index is 1.87. The molecule has 29 heavy (non-hydrogen) atoms. The lowest BCUT2D eigenvalue weighted by molar-refractivity contribution is 0.0729. The van der Waals surface area contributed by atoms with Crippen LogP contribution in [0.5, 0.6) is 11.5 Å². The number of carbonyl (C=O) groups excluding carboxylic acids is 1. The monoisotopic (exact) mass is 423 g/mol. The van der Waals surface area contributed by atoms with Crippen molar-refractivity contribution < 1.29 is 14.3 Å². The van der Waals surface area contributed by atoms with Gasteiger partial charge in [0.15, 0.2) is 11.5 Å². The van der Waals surface area contributed by atoms with Gasteiger partial charge in [-0.05, 0) is 47.5 Å². The van der Waals surface area contributed by atoms with Crippen molar-refractivity contribution in [3.63, 3.8) is 0 Å². The number of hydrogen-bond acceptors (Lipinski definition) is 4. The number of carbonyl (C=O) groups is 1. The molecule has 0 aliphatic carbocycles. The third-order valence-electron chi connectivity index (χ3n) is 4.06. The van der Waals surface area contributed by atoms with Gasteiger partial charge in [0.1, 0.15) is 0 Å². The molecular weight excluding hydrogens is 409 g/mol. The second kappa shape index (κ2) is 9.29.